The van der Waals surface area contributed by atoms with E-state index in [1.807, 2.05) is 0 Å². The third-order valence-corrected chi connectivity index (χ3v) is 6.72. The lowest BCUT2D eigenvalue weighted by molar-refractivity contribution is -0.267. The lowest BCUT2D eigenvalue weighted by Crippen LogP contribution is -2.59. The number of esters is 1. The first-order valence-electron chi connectivity index (χ1n) is 12.5. The van der Waals surface area contributed by atoms with Crippen molar-refractivity contribution in [3.63, 3.8) is 0 Å². The molecule has 2 heterocycles. The lowest BCUT2D eigenvalue weighted by atomic mass is 9.99. The fraction of sp³-hybridized carbons (Fsp3) is 0.214. The van der Waals surface area contributed by atoms with E-state index in [9.17, 15) is 55.5 Å². The van der Waals surface area contributed by atoms with Crippen LogP contribution < -0.4 is 10.2 Å². The van der Waals surface area contributed by atoms with Crippen LogP contribution in [0.3, 0.4) is 0 Å². The molecule has 0 spiro atoms. The van der Waals surface area contributed by atoms with Crippen molar-refractivity contribution in [2.45, 2.75) is 37.6 Å². The number of rotatable bonds is 5. The van der Waals surface area contributed by atoms with Gasteiger partial charge in [0.25, 0.3) is 0 Å². The molecule has 4 aromatic rings. The van der Waals surface area contributed by atoms with Gasteiger partial charge >= 0.3 is 5.97 Å². The highest BCUT2D eigenvalue weighted by Crippen LogP contribution is 2.40. The predicted molar refractivity (Wildman–Crippen MR) is 142 cm³/mol. The van der Waals surface area contributed by atoms with Crippen molar-refractivity contribution >= 4 is 16.9 Å². The van der Waals surface area contributed by atoms with E-state index in [4.69, 9.17) is 18.6 Å². The first kappa shape index (κ1) is 29.1. The molecule has 226 valence electrons. The molecule has 5 atom stereocenters. The molecule has 0 amide bonds. The summed E-state index contributed by atoms with van der Waals surface area (Å²) in [5.41, 5.74) is -1.79. The fourth-order valence-electron chi connectivity index (χ4n) is 4.49. The van der Waals surface area contributed by atoms with Crippen molar-refractivity contribution < 1.29 is 69.4 Å². The second kappa shape index (κ2) is 10.8. The number of hydrogen-bond donors (Lipinski definition) is 9. The average molecular weight is 600 g/mol. The molecular weight excluding hydrogens is 576 g/mol. The number of aliphatic hydroxyl groups is 2. The van der Waals surface area contributed by atoms with E-state index in [1.165, 1.54) is 13.0 Å². The number of fused-ring (bicyclic) bond motifs is 1. The van der Waals surface area contributed by atoms with E-state index in [2.05, 4.69) is 0 Å². The van der Waals surface area contributed by atoms with Gasteiger partial charge in [-0.15, -0.1) is 0 Å². The van der Waals surface area contributed by atoms with Gasteiger partial charge in [0.1, 0.15) is 28.6 Å². The van der Waals surface area contributed by atoms with Gasteiger partial charge in [-0.05, 0) is 37.3 Å². The highest BCUT2D eigenvalue weighted by molar-refractivity contribution is 5.91. The van der Waals surface area contributed by atoms with Gasteiger partial charge in [0, 0.05) is 17.7 Å². The van der Waals surface area contributed by atoms with Crippen LogP contribution in [0.5, 0.6) is 46.0 Å². The maximum Gasteiger partial charge on any atom is 0.338 e. The number of hydrogen-bond acceptors (Lipinski definition) is 15. The Morgan fingerprint density at radius 3 is 2.14 bits per heavy atom. The highest BCUT2D eigenvalue weighted by atomic mass is 16.7. The zero-order valence-electron chi connectivity index (χ0n) is 21.9. The molecule has 15 nitrogen and oxygen atoms in total. The van der Waals surface area contributed by atoms with Crippen LogP contribution >= 0.6 is 0 Å². The zero-order chi connectivity index (χ0) is 31.3. The second-order valence-electron chi connectivity index (χ2n) is 9.67. The van der Waals surface area contributed by atoms with Gasteiger partial charge in [-0.3, -0.25) is 4.79 Å². The molecule has 3 aromatic carbocycles. The van der Waals surface area contributed by atoms with Crippen LogP contribution in [-0.2, 0) is 9.47 Å². The second-order valence-corrected chi connectivity index (χ2v) is 9.67. The molecule has 0 unspecified atom stereocenters. The maximum absolute atomic E-state index is 13.6. The van der Waals surface area contributed by atoms with Crippen LogP contribution in [0.2, 0.25) is 0 Å². The largest absolute Gasteiger partial charge is 0.508 e. The molecule has 1 saturated heterocycles. The minimum Gasteiger partial charge on any atom is -0.508 e. The molecule has 0 radical (unpaired) electrons. The van der Waals surface area contributed by atoms with Crippen molar-refractivity contribution in [1.29, 1.82) is 0 Å². The Bertz CT molecular complexity index is 1770. The zero-order valence-corrected chi connectivity index (χ0v) is 21.9. The third kappa shape index (κ3) is 5.23. The molecule has 0 aliphatic carbocycles. The number of phenolic OH excluding ortho intramolecular Hbond substituents is 7. The summed E-state index contributed by atoms with van der Waals surface area (Å²) in [6.07, 6.45) is -8.42. The summed E-state index contributed by atoms with van der Waals surface area (Å²) in [6.45, 7) is 1.34. The molecule has 0 bridgehead atoms. The summed E-state index contributed by atoms with van der Waals surface area (Å²) in [4.78, 5) is 26.4. The molecule has 0 saturated carbocycles. The molecule has 43 heavy (non-hydrogen) atoms. The Morgan fingerprint density at radius 2 is 1.49 bits per heavy atom. The summed E-state index contributed by atoms with van der Waals surface area (Å²) in [7, 11) is 0. The molecular formula is C28H24O15. The number of benzene rings is 3. The van der Waals surface area contributed by atoms with Gasteiger partial charge in [-0.2, -0.15) is 0 Å². The van der Waals surface area contributed by atoms with Crippen LogP contribution in [0.15, 0.2) is 51.7 Å². The Labute approximate surface area is 239 Å². The van der Waals surface area contributed by atoms with E-state index in [-0.39, 0.29) is 11.1 Å². The standard InChI is InChI=1S/C28H24O15/c1-9-20(35)25(42-27(39)11-5-16(33)21(36)17(34)6-11)23(38)28(40-9)43-26-22(37)19-15(32)7-12(29)8-18(19)41-24(26)10-2-3-13(30)14(31)4-10/h2-9,20,23,25,28-36,38H,1H3/t9-,20-,23+,25+,28+/m1/s1. The molecule has 1 aliphatic rings. The Morgan fingerprint density at radius 1 is 0.814 bits per heavy atom. The van der Waals surface area contributed by atoms with Crippen LogP contribution in [0.1, 0.15) is 17.3 Å². The first-order chi connectivity index (χ1) is 20.3. The van der Waals surface area contributed by atoms with Crippen LogP contribution in [0.25, 0.3) is 22.3 Å². The fourth-order valence-corrected chi connectivity index (χ4v) is 4.49. The number of carbonyl (C=O) groups excluding carboxylic acids is 1. The molecule has 15 heteroatoms. The normalized spacial score (nSPS) is 21.9. The average Bonchev–Trinajstić information content (AvgIpc) is 2.94. The minimum atomic E-state index is -1.99. The summed E-state index contributed by atoms with van der Waals surface area (Å²) in [5, 5.41) is 90.3. The lowest BCUT2D eigenvalue weighted by Gasteiger charge is -2.40. The topological polar surface area (TPSA) is 257 Å². The minimum absolute atomic E-state index is 0.0274. The van der Waals surface area contributed by atoms with Crippen molar-refractivity contribution in [3.05, 3.63) is 58.3 Å². The van der Waals surface area contributed by atoms with E-state index in [0.717, 1.165) is 36.4 Å². The number of aliphatic hydroxyl groups excluding tert-OH is 2. The highest BCUT2D eigenvalue weighted by Gasteiger charge is 2.47. The van der Waals surface area contributed by atoms with Crippen molar-refractivity contribution in [2.24, 2.45) is 0 Å². The maximum atomic E-state index is 13.6. The Hall–Kier alpha value is -5.38. The number of carbonyl (C=O) groups is 1. The number of phenols is 7. The van der Waals surface area contributed by atoms with E-state index in [1.54, 1.807) is 0 Å². The van der Waals surface area contributed by atoms with Crippen molar-refractivity contribution in [3.8, 4) is 57.3 Å². The van der Waals surface area contributed by atoms with E-state index >= 15 is 0 Å². The van der Waals surface area contributed by atoms with Gasteiger partial charge in [0.05, 0.1) is 11.7 Å². The van der Waals surface area contributed by atoms with Crippen LogP contribution in [-0.4, -0.2) is 82.6 Å². The SMILES string of the molecule is C[C@H]1O[C@@H](Oc2c(-c3ccc(O)c(O)c3)oc3cc(O)cc(O)c3c2=O)[C@@H](O)[C@@H](OC(=O)c2cc(O)c(O)c(O)c2)[C@@H]1O. The first-order valence-corrected chi connectivity index (χ1v) is 12.5. The number of ether oxygens (including phenoxy) is 3. The van der Waals surface area contributed by atoms with E-state index in [0.29, 0.717) is 0 Å². The number of aromatic hydroxyl groups is 7. The van der Waals surface area contributed by atoms with Gasteiger partial charge in [0.15, 0.2) is 46.7 Å². The Balaban J connectivity index is 1.55. The van der Waals surface area contributed by atoms with Gasteiger partial charge in [-0.1, -0.05) is 0 Å². The molecule has 5 rings (SSSR count). The summed E-state index contributed by atoms with van der Waals surface area (Å²) >= 11 is 0. The summed E-state index contributed by atoms with van der Waals surface area (Å²) in [6, 6.07) is 6.79. The Kier molecular flexibility index (Phi) is 7.31. The van der Waals surface area contributed by atoms with Gasteiger partial charge in [-0.25, -0.2) is 4.79 Å². The predicted octanol–water partition coefficient (Wildman–Crippen LogP) is 1.47. The van der Waals surface area contributed by atoms with Crippen molar-refractivity contribution in [2.75, 3.05) is 0 Å². The molecule has 1 aliphatic heterocycles. The van der Waals surface area contributed by atoms with Crippen LogP contribution in [0.4, 0.5) is 0 Å². The van der Waals surface area contributed by atoms with Gasteiger partial charge in [0.2, 0.25) is 17.5 Å². The smallest absolute Gasteiger partial charge is 0.338 e. The van der Waals surface area contributed by atoms with Crippen LogP contribution in [0, 0.1) is 0 Å². The molecule has 1 aromatic heterocycles. The van der Waals surface area contributed by atoms with Gasteiger partial charge < -0.3 is 64.6 Å². The summed E-state index contributed by atoms with van der Waals surface area (Å²) in [5.74, 6) is -7.13. The molecule has 9 N–H and O–H groups in total. The third-order valence-electron chi connectivity index (χ3n) is 6.72. The van der Waals surface area contributed by atoms with Crippen molar-refractivity contribution in [1.82, 2.24) is 0 Å². The monoisotopic (exact) mass is 600 g/mol. The summed E-state index contributed by atoms with van der Waals surface area (Å²) < 4.78 is 22.2. The van der Waals surface area contributed by atoms with E-state index < -0.39 is 105 Å². The quantitative estimate of drug-likeness (QED) is 0.116. The molecule has 1 fully saturated rings.